The van der Waals surface area contributed by atoms with E-state index in [0.29, 0.717) is 30.5 Å². The van der Waals surface area contributed by atoms with Crippen LogP contribution in [0.1, 0.15) is 36.9 Å². The number of hydrogen-bond donors (Lipinski definition) is 0. The Balaban J connectivity index is 2.21. The molecule has 10 heteroatoms. The molecule has 0 unspecified atom stereocenters. The number of piperidine rings is 1. The van der Waals surface area contributed by atoms with Crippen molar-refractivity contribution in [2.24, 2.45) is 14.1 Å². The molecule has 0 saturated carbocycles. The molecule has 7 nitrogen and oxygen atoms in total. The summed E-state index contributed by atoms with van der Waals surface area (Å²) >= 11 is 0. The highest BCUT2D eigenvalue weighted by Gasteiger charge is 2.37. The SMILES string of the molecule is CC(=O)N1CCC(c2cc(C(F)(F)F)c3c(=O)n(C)c(=O)n(C)c3n2)CC1. The van der Waals surface area contributed by atoms with Crippen LogP contribution in [-0.4, -0.2) is 38.0 Å². The van der Waals surface area contributed by atoms with Gasteiger partial charge in [-0.25, -0.2) is 9.78 Å². The molecule has 2 aromatic heterocycles. The van der Waals surface area contributed by atoms with E-state index in [1.165, 1.54) is 14.0 Å². The number of fused-ring (bicyclic) bond motifs is 1. The van der Waals surface area contributed by atoms with Crippen LogP contribution in [0.5, 0.6) is 0 Å². The van der Waals surface area contributed by atoms with Crippen molar-refractivity contribution in [3.63, 3.8) is 0 Å². The number of halogens is 3. The second-order valence-corrected chi connectivity index (χ2v) is 6.78. The summed E-state index contributed by atoms with van der Waals surface area (Å²) in [7, 11) is 2.43. The van der Waals surface area contributed by atoms with Crippen LogP contribution in [0.2, 0.25) is 0 Å². The average Bonchev–Trinajstić information content (AvgIpc) is 2.63. The Morgan fingerprint density at radius 1 is 1.15 bits per heavy atom. The Kier molecular flexibility index (Phi) is 4.61. The zero-order chi connectivity index (χ0) is 20.1. The topological polar surface area (TPSA) is 77.2 Å². The predicted octanol–water partition coefficient (Wildman–Crippen LogP) is 1.38. The van der Waals surface area contributed by atoms with E-state index in [0.717, 1.165) is 17.7 Å². The van der Waals surface area contributed by atoms with Crippen LogP contribution in [-0.2, 0) is 25.1 Å². The summed E-state index contributed by atoms with van der Waals surface area (Å²) in [4.78, 5) is 41.8. The fraction of sp³-hybridized carbons (Fsp3) is 0.529. The van der Waals surface area contributed by atoms with Crippen molar-refractivity contribution < 1.29 is 18.0 Å². The molecule has 1 amide bonds. The van der Waals surface area contributed by atoms with Crippen LogP contribution in [0, 0.1) is 0 Å². The molecule has 0 bridgehead atoms. The molecule has 0 radical (unpaired) electrons. The van der Waals surface area contributed by atoms with Crippen LogP contribution < -0.4 is 11.2 Å². The number of nitrogens with zero attached hydrogens (tertiary/aromatic N) is 4. The van der Waals surface area contributed by atoms with Crippen molar-refractivity contribution in [1.82, 2.24) is 19.0 Å². The number of aryl methyl sites for hydroxylation is 1. The Labute approximate surface area is 152 Å². The number of pyridine rings is 1. The third kappa shape index (κ3) is 3.24. The lowest BCUT2D eigenvalue weighted by Crippen LogP contribution is -2.39. The van der Waals surface area contributed by atoms with Crippen LogP contribution >= 0.6 is 0 Å². The van der Waals surface area contributed by atoms with Gasteiger partial charge >= 0.3 is 11.9 Å². The molecule has 2 aromatic rings. The van der Waals surface area contributed by atoms with E-state index in [1.54, 1.807) is 4.90 Å². The summed E-state index contributed by atoms with van der Waals surface area (Å²) in [5.74, 6) is -0.368. The first-order valence-corrected chi connectivity index (χ1v) is 8.45. The second kappa shape index (κ2) is 6.50. The van der Waals surface area contributed by atoms with Gasteiger partial charge in [-0.2, -0.15) is 13.2 Å². The van der Waals surface area contributed by atoms with Gasteiger partial charge in [0.05, 0.1) is 10.9 Å². The van der Waals surface area contributed by atoms with Gasteiger partial charge in [0.2, 0.25) is 5.91 Å². The monoisotopic (exact) mass is 384 g/mol. The highest BCUT2D eigenvalue weighted by atomic mass is 19.4. The Hall–Kier alpha value is -2.65. The molecule has 1 aliphatic heterocycles. The highest BCUT2D eigenvalue weighted by molar-refractivity contribution is 5.79. The maximum atomic E-state index is 13.7. The number of carbonyl (C=O) groups excluding carboxylic acids is 1. The quantitative estimate of drug-likeness (QED) is 0.744. The number of likely N-dealkylation sites (tertiary alicyclic amines) is 1. The van der Waals surface area contributed by atoms with Gasteiger partial charge in [0.1, 0.15) is 5.65 Å². The zero-order valence-corrected chi connectivity index (χ0v) is 15.1. The molecular formula is C17H19F3N4O3. The van der Waals surface area contributed by atoms with Gasteiger partial charge in [-0.15, -0.1) is 0 Å². The highest BCUT2D eigenvalue weighted by Crippen LogP contribution is 2.36. The first kappa shape index (κ1) is 19.1. The largest absolute Gasteiger partial charge is 0.417 e. The van der Waals surface area contributed by atoms with Gasteiger partial charge in [-0.3, -0.25) is 18.7 Å². The lowest BCUT2D eigenvalue weighted by atomic mass is 9.91. The molecule has 1 fully saturated rings. The first-order valence-electron chi connectivity index (χ1n) is 8.45. The number of hydrogen-bond acceptors (Lipinski definition) is 4. The molecule has 3 rings (SSSR count). The molecule has 0 atom stereocenters. The fourth-order valence-corrected chi connectivity index (χ4v) is 3.50. The van der Waals surface area contributed by atoms with Crippen LogP contribution in [0.25, 0.3) is 11.0 Å². The zero-order valence-electron chi connectivity index (χ0n) is 15.1. The summed E-state index contributed by atoms with van der Waals surface area (Å²) in [5.41, 5.74) is -2.95. The second-order valence-electron chi connectivity index (χ2n) is 6.78. The number of aromatic nitrogens is 3. The van der Waals surface area contributed by atoms with Gasteiger partial charge in [-0.05, 0) is 18.9 Å². The lowest BCUT2D eigenvalue weighted by molar-refractivity contribution is -0.136. The third-order valence-electron chi connectivity index (χ3n) is 5.09. The van der Waals surface area contributed by atoms with Gasteiger partial charge in [0.25, 0.3) is 5.56 Å². The van der Waals surface area contributed by atoms with E-state index in [-0.39, 0.29) is 23.2 Å². The predicted molar refractivity (Wildman–Crippen MR) is 91.5 cm³/mol. The van der Waals surface area contributed by atoms with E-state index in [2.05, 4.69) is 4.98 Å². The maximum Gasteiger partial charge on any atom is 0.417 e. The lowest BCUT2D eigenvalue weighted by Gasteiger charge is -2.31. The molecule has 146 valence electrons. The summed E-state index contributed by atoms with van der Waals surface area (Å²) < 4.78 is 42.6. The fourth-order valence-electron chi connectivity index (χ4n) is 3.50. The summed E-state index contributed by atoms with van der Waals surface area (Å²) in [6.45, 7) is 2.30. The van der Waals surface area contributed by atoms with E-state index in [1.807, 2.05) is 0 Å². The smallest absolute Gasteiger partial charge is 0.343 e. The van der Waals surface area contributed by atoms with Crippen molar-refractivity contribution in [2.45, 2.75) is 31.9 Å². The van der Waals surface area contributed by atoms with Crippen LogP contribution in [0.4, 0.5) is 13.2 Å². The molecule has 1 aliphatic rings. The molecule has 3 heterocycles. The van der Waals surface area contributed by atoms with Crippen LogP contribution in [0.15, 0.2) is 15.7 Å². The summed E-state index contributed by atoms with van der Waals surface area (Å²) in [5, 5.41) is -0.614. The average molecular weight is 384 g/mol. The molecule has 0 aromatic carbocycles. The summed E-state index contributed by atoms with van der Waals surface area (Å²) in [6.07, 6.45) is -3.83. The van der Waals surface area contributed by atoms with E-state index in [9.17, 15) is 27.6 Å². The Morgan fingerprint density at radius 2 is 1.74 bits per heavy atom. The van der Waals surface area contributed by atoms with E-state index >= 15 is 0 Å². The van der Waals surface area contributed by atoms with Crippen molar-refractivity contribution in [3.8, 4) is 0 Å². The van der Waals surface area contributed by atoms with Crippen molar-refractivity contribution in [2.75, 3.05) is 13.1 Å². The van der Waals surface area contributed by atoms with E-state index < -0.39 is 28.4 Å². The standard InChI is InChI=1S/C17H19F3N4O3/c1-9(25)24-6-4-10(5-7-24)12-8-11(17(18,19)20)13-14(21-12)22(2)16(27)23(3)15(13)26/h8,10H,4-7H2,1-3H3. The Morgan fingerprint density at radius 3 is 2.26 bits per heavy atom. The maximum absolute atomic E-state index is 13.7. The van der Waals surface area contributed by atoms with Gasteiger partial charge in [0.15, 0.2) is 0 Å². The third-order valence-corrected chi connectivity index (χ3v) is 5.09. The minimum atomic E-state index is -4.76. The molecule has 0 N–H and O–H groups in total. The van der Waals surface area contributed by atoms with Crippen molar-refractivity contribution in [3.05, 3.63) is 38.2 Å². The molecule has 0 aliphatic carbocycles. The number of alkyl halides is 3. The van der Waals surface area contributed by atoms with Gasteiger partial charge < -0.3 is 4.90 Å². The van der Waals surface area contributed by atoms with Gasteiger partial charge in [-0.1, -0.05) is 0 Å². The summed E-state index contributed by atoms with van der Waals surface area (Å²) in [6, 6.07) is 0.905. The van der Waals surface area contributed by atoms with Crippen molar-refractivity contribution in [1.29, 1.82) is 0 Å². The number of carbonyl (C=O) groups is 1. The number of rotatable bonds is 1. The van der Waals surface area contributed by atoms with Gasteiger partial charge in [0, 0.05) is 45.7 Å². The van der Waals surface area contributed by atoms with E-state index in [4.69, 9.17) is 0 Å². The minimum absolute atomic E-state index is 0.0817. The van der Waals surface area contributed by atoms with Crippen LogP contribution in [0.3, 0.4) is 0 Å². The molecule has 1 saturated heterocycles. The molecule has 0 spiro atoms. The minimum Gasteiger partial charge on any atom is -0.343 e. The molecule has 27 heavy (non-hydrogen) atoms. The van der Waals surface area contributed by atoms with Crippen molar-refractivity contribution >= 4 is 16.9 Å². The number of amides is 1. The molecular weight excluding hydrogens is 365 g/mol. The first-order chi connectivity index (χ1) is 12.5. The normalized spacial score (nSPS) is 16.1. The Bertz CT molecular complexity index is 1030.